The van der Waals surface area contributed by atoms with Crippen molar-refractivity contribution < 1.29 is 4.74 Å². The molecule has 1 aromatic heterocycles. The maximum absolute atomic E-state index is 8.66. The number of nitrogens with two attached hydrogens (primary N) is 1. The molecule has 0 amide bonds. The van der Waals surface area contributed by atoms with E-state index in [-0.39, 0.29) is 0 Å². The van der Waals surface area contributed by atoms with E-state index in [2.05, 4.69) is 4.98 Å². The van der Waals surface area contributed by atoms with Gasteiger partial charge in [0, 0.05) is 6.20 Å². The summed E-state index contributed by atoms with van der Waals surface area (Å²) in [6.07, 6.45) is 2.34. The van der Waals surface area contributed by atoms with E-state index in [1.54, 1.807) is 18.3 Å². The summed E-state index contributed by atoms with van der Waals surface area (Å²) < 4.78 is 5.30. The summed E-state index contributed by atoms with van der Waals surface area (Å²) in [5, 5.41) is 8.66. The first-order valence-corrected chi connectivity index (χ1v) is 4.06. The molecule has 1 heterocycles. The Balaban J connectivity index is 2.60. The number of nitriles is 1. The topological polar surface area (TPSA) is 71.9 Å². The van der Waals surface area contributed by atoms with Crippen LogP contribution in [0.25, 0.3) is 0 Å². The zero-order chi connectivity index (χ0) is 9.52. The van der Waals surface area contributed by atoms with Crippen LogP contribution >= 0.6 is 0 Å². The lowest BCUT2D eigenvalue weighted by Gasteiger charge is -2.04. The largest absolute Gasteiger partial charge is 0.490 e. The van der Waals surface area contributed by atoms with Crippen molar-refractivity contribution in [1.29, 1.82) is 5.26 Å². The van der Waals surface area contributed by atoms with Crippen molar-refractivity contribution in [3.05, 3.63) is 24.0 Å². The van der Waals surface area contributed by atoms with Crippen molar-refractivity contribution in [2.75, 3.05) is 13.2 Å². The zero-order valence-electron chi connectivity index (χ0n) is 7.23. The molecule has 0 aliphatic carbocycles. The molecule has 68 valence electrons. The van der Waals surface area contributed by atoms with Gasteiger partial charge in [0.1, 0.15) is 6.07 Å². The Bertz CT molecular complexity index is 306. The SMILES string of the molecule is N#Cc1ncccc1OCCCN. The molecule has 4 nitrogen and oxygen atoms in total. The molecule has 0 saturated carbocycles. The quantitative estimate of drug-likeness (QED) is 0.686. The van der Waals surface area contributed by atoms with Crippen LogP contribution in [0.5, 0.6) is 5.75 Å². The van der Waals surface area contributed by atoms with Crippen LogP contribution in [0.1, 0.15) is 12.1 Å². The van der Waals surface area contributed by atoms with Crippen molar-refractivity contribution in [2.45, 2.75) is 6.42 Å². The molecule has 0 aromatic carbocycles. The van der Waals surface area contributed by atoms with Crippen LogP contribution in [0.2, 0.25) is 0 Å². The summed E-state index contributed by atoms with van der Waals surface area (Å²) in [4.78, 5) is 3.86. The second kappa shape index (κ2) is 5.12. The standard InChI is InChI=1S/C9H11N3O/c10-4-2-6-13-9-3-1-5-12-8(9)7-11/h1,3,5H,2,4,6,10H2. The van der Waals surface area contributed by atoms with Gasteiger partial charge in [-0.15, -0.1) is 0 Å². The molecule has 1 rings (SSSR count). The molecule has 13 heavy (non-hydrogen) atoms. The zero-order valence-corrected chi connectivity index (χ0v) is 7.23. The molecule has 2 N–H and O–H groups in total. The van der Waals surface area contributed by atoms with Gasteiger partial charge in [-0.3, -0.25) is 0 Å². The molecule has 0 fully saturated rings. The average molecular weight is 177 g/mol. The summed E-state index contributed by atoms with van der Waals surface area (Å²) in [6, 6.07) is 5.41. The lowest BCUT2D eigenvalue weighted by atomic mass is 10.3. The highest BCUT2D eigenvalue weighted by Crippen LogP contribution is 2.13. The number of hydrogen-bond acceptors (Lipinski definition) is 4. The van der Waals surface area contributed by atoms with E-state index in [0.717, 1.165) is 6.42 Å². The molecule has 0 bridgehead atoms. The summed E-state index contributed by atoms with van der Waals surface area (Å²) in [7, 11) is 0. The van der Waals surface area contributed by atoms with Gasteiger partial charge in [0.05, 0.1) is 6.61 Å². The molecule has 4 heteroatoms. The molecule has 0 radical (unpaired) electrons. The van der Waals surface area contributed by atoms with Crippen molar-refractivity contribution in [2.24, 2.45) is 5.73 Å². The van der Waals surface area contributed by atoms with Crippen molar-refractivity contribution in [3.63, 3.8) is 0 Å². The van der Waals surface area contributed by atoms with E-state index in [4.69, 9.17) is 15.7 Å². The Morgan fingerprint density at radius 3 is 3.15 bits per heavy atom. The van der Waals surface area contributed by atoms with Gasteiger partial charge in [-0.2, -0.15) is 5.26 Å². The van der Waals surface area contributed by atoms with Crippen LogP contribution in [0.4, 0.5) is 0 Å². The fourth-order valence-electron chi connectivity index (χ4n) is 0.856. The maximum Gasteiger partial charge on any atom is 0.182 e. The summed E-state index contributed by atoms with van der Waals surface area (Å²) in [6.45, 7) is 1.11. The van der Waals surface area contributed by atoms with Crippen LogP contribution in [-0.2, 0) is 0 Å². The van der Waals surface area contributed by atoms with E-state index in [1.807, 2.05) is 6.07 Å². The number of aromatic nitrogens is 1. The highest BCUT2D eigenvalue weighted by atomic mass is 16.5. The van der Waals surface area contributed by atoms with Crippen LogP contribution in [-0.4, -0.2) is 18.1 Å². The summed E-state index contributed by atoms with van der Waals surface area (Å²) in [5.41, 5.74) is 5.62. The van der Waals surface area contributed by atoms with Crippen molar-refractivity contribution in [3.8, 4) is 11.8 Å². The Morgan fingerprint density at radius 2 is 2.46 bits per heavy atom. The Hall–Kier alpha value is -1.60. The highest BCUT2D eigenvalue weighted by molar-refractivity contribution is 5.36. The van der Waals surface area contributed by atoms with Gasteiger partial charge in [0.15, 0.2) is 11.4 Å². The fraction of sp³-hybridized carbons (Fsp3) is 0.333. The number of ether oxygens (including phenoxy) is 1. The van der Waals surface area contributed by atoms with E-state index in [0.29, 0.717) is 24.6 Å². The van der Waals surface area contributed by atoms with E-state index < -0.39 is 0 Å². The van der Waals surface area contributed by atoms with Gasteiger partial charge in [-0.05, 0) is 25.1 Å². The summed E-state index contributed by atoms with van der Waals surface area (Å²) >= 11 is 0. The lowest BCUT2D eigenvalue weighted by molar-refractivity contribution is 0.311. The Labute approximate surface area is 77.0 Å². The molecule has 0 spiro atoms. The average Bonchev–Trinajstić information content (AvgIpc) is 2.19. The molecule has 0 aliphatic heterocycles. The molecular formula is C9H11N3O. The predicted molar refractivity (Wildman–Crippen MR) is 48.1 cm³/mol. The molecular weight excluding hydrogens is 166 g/mol. The Kier molecular flexibility index (Phi) is 3.74. The highest BCUT2D eigenvalue weighted by Gasteiger charge is 2.01. The van der Waals surface area contributed by atoms with Gasteiger partial charge in [-0.1, -0.05) is 0 Å². The number of hydrogen-bond donors (Lipinski definition) is 1. The van der Waals surface area contributed by atoms with Gasteiger partial charge >= 0.3 is 0 Å². The minimum atomic E-state index is 0.319. The third-order valence-corrected chi connectivity index (χ3v) is 1.48. The third kappa shape index (κ3) is 2.73. The maximum atomic E-state index is 8.66. The monoisotopic (exact) mass is 177 g/mol. The van der Waals surface area contributed by atoms with E-state index in [9.17, 15) is 0 Å². The lowest BCUT2D eigenvalue weighted by Crippen LogP contribution is -2.07. The molecule has 0 unspecified atom stereocenters. The molecule has 0 saturated heterocycles. The van der Waals surface area contributed by atoms with Gasteiger partial charge in [-0.25, -0.2) is 4.98 Å². The predicted octanol–water partition coefficient (Wildman–Crippen LogP) is 0.681. The second-order valence-electron chi connectivity index (χ2n) is 2.45. The molecule has 1 aromatic rings. The number of nitrogens with zero attached hydrogens (tertiary/aromatic N) is 2. The van der Waals surface area contributed by atoms with Gasteiger partial charge in [0.25, 0.3) is 0 Å². The minimum absolute atomic E-state index is 0.319. The first-order valence-electron chi connectivity index (χ1n) is 4.06. The number of rotatable bonds is 4. The van der Waals surface area contributed by atoms with Crippen LogP contribution < -0.4 is 10.5 Å². The minimum Gasteiger partial charge on any atom is -0.490 e. The van der Waals surface area contributed by atoms with Crippen LogP contribution in [0.15, 0.2) is 18.3 Å². The van der Waals surface area contributed by atoms with Crippen LogP contribution in [0, 0.1) is 11.3 Å². The Morgan fingerprint density at radius 1 is 1.62 bits per heavy atom. The first kappa shape index (κ1) is 9.49. The van der Waals surface area contributed by atoms with Crippen molar-refractivity contribution in [1.82, 2.24) is 4.98 Å². The number of pyridine rings is 1. The van der Waals surface area contributed by atoms with Crippen LogP contribution in [0.3, 0.4) is 0 Å². The van der Waals surface area contributed by atoms with Gasteiger partial charge in [0.2, 0.25) is 0 Å². The second-order valence-corrected chi connectivity index (χ2v) is 2.45. The van der Waals surface area contributed by atoms with Crippen molar-refractivity contribution >= 4 is 0 Å². The molecule has 0 atom stereocenters. The van der Waals surface area contributed by atoms with Gasteiger partial charge < -0.3 is 10.5 Å². The fourth-order valence-corrected chi connectivity index (χ4v) is 0.856. The first-order chi connectivity index (χ1) is 6.38. The van der Waals surface area contributed by atoms with E-state index in [1.165, 1.54) is 0 Å². The third-order valence-electron chi connectivity index (χ3n) is 1.48. The molecule has 0 aliphatic rings. The smallest absolute Gasteiger partial charge is 0.182 e. The normalized spacial score (nSPS) is 9.23. The van der Waals surface area contributed by atoms with E-state index >= 15 is 0 Å². The summed E-state index contributed by atoms with van der Waals surface area (Å²) in [5.74, 6) is 0.526.